The van der Waals surface area contributed by atoms with Gasteiger partial charge in [0.25, 0.3) is 5.91 Å². The number of nitrogen functional groups attached to an aromatic ring is 1. The third-order valence-corrected chi connectivity index (χ3v) is 4.91. The molecule has 31 heavy (non-hydrogen) atoms. The zero-order valence-electron chi connectivity index (χ0n) is 16.8. The van der Waals surface area contributed by atoms with Crippen LogP contribution in [0.5, 0.6) is 0 Å². The first-order chi connectivity index (χ1) is 15.0. The van der Waals surface area contributed by atoms with Crippen LogP contribution in [0, 0.1) is 11.8 Å². The van der Waals surface area contributed by atoms with Crippen LogP contribution < -0.4 is 11.1 Å². The van der Waals surface area contributed by atoms with Crippen LogP contribution in [0.15, 0.2) is 36.7 Å². The lowest BCUT2D eigenvalue weighted by molar-refractivity contribution is -0.137. The molecule has 0 bridgehead atoms. The van der Waals surface area contributed by atoms with E-state index in [4.69, 9.17) is 10.5 Å². The third kappa shape index (κ3) is 4.06. The summed E-state index contributed by atoms with van der Waals surface area (Å²) in [5.41, 5.74) is 7.66. The van der Waals surface area contributed by atoms with Crippen LogP contribution in [0.1, 0.15) is 24.5 Å². The van der Waals surface area contributed by atoms with E-state index in [9.17, 15) is 15.0 Å². The van der Waals surface area contributed by atoms with Crippen molar-refractivity contribution in [1.82, 2.24) is 24.8 Å². The van der Waals surface area contributed by atoms with Crippen LogP contribution in [0.3, 0.4) is 0 Å². The van der Waals surface area contributed by atoms with E-state index in [1.807, 2.05) is 30.3 Å². The van der Waals surface area contributed by atoms with Gasteiger partial charge in [-0.1, -0.05) is 36.3 Å². The first-order valence-electron chi connectivity index (χ1n) is 9.81. The fourth-order valence-electron chi connectivity index (χ4n) is 3.38. The quantitative estimate of drug-likeness (QED) is 0.421. The molecule has 0 aliphatic carbocycles. The fraction of sp³-hybridized carbons (Fsp3) is 0.333. The van der Waals surface area contributed by atoms with E-state index in [2.05, 4.69) is 32.1 Å². The summed E-state index contributed by atoms with van der Waals surface area (Å²) in [5.74, 6) is 5.70. The summed E-state index contributed by atoms with van der Waals surface area (Å²) < 4.78 is 7.06. The number of amides is 1. The van der Waals surface area contributed by atoms with Crippen molar-refractivity contribution in [1.29, 1.82) is 0 Å². The van der Waals surface area contributed by atoms with Crippen molar-refractivity contribution in [3.63, 3.8) is 0 Å². The monoisotopic (exact) mass is 422 g/mol. The maximum Gasteiger partial charge on any atom is 0.252 e. The van der Waals surface area contributed by atoms with Gasteiger partial charge in [-0.2, -0.15) is 0 Å². The molecule has 1 fully saturated rings. The van der Waals surface area contributed by atoms with E-state index in [0.717, 1.165) is 5.56 Å². The predicted molar refractivity (Wildman–Crippen MR) is 111 cm³/mol. The Morgan fingerprint density at radius 2 is 2.03 bits per heavy atom. The number of anilines is 1. The largest absolute Gasteiger partial charge is 0.387 e. The number of hydrogen-bond acceptors (Lipinski definition) is 8. The molecule has 5 N–H and O–H groups in total. The van der Waals surface area contributed by atoms with Crippen molar-refractivity contribution in [2.45, 2.75) is 37.9 Å². The second kappa shape index (κ2) is 8.69. The zero-order chi connectivity index (χ0) is 22.0. The van der Waals surface area contributed by atoms with Crippen molar-refractivity contribution in [2.24, 2.45) is 0 Å². The average Bonchev–Trinajstić information content (AvgIpc) is 3.31. The molecule has 1 aliphatic heterocycles. The van der Waals surface area contributed by atoms with Gasteiger partial charge in [-0.25, -0.2) is 15.0 Å². The normalized spacial score (nSPS) is 22.8. The molecule has 0 spiro atoms. The van der Waals surface area contributed by atoms with Crippen molar-refractivity contribution >= 4 is 22.9 Å². The van der Waals surface area contributed by atoms with Gasteiger partial charge in [-0.3, -0.25) is 9.36 Å². The van der Waals surface area contributed by atoms with Crippen molar-refractivity contribution < 1.29 is 19.7 Å². The summed E-state index contributed by atoms with van der Waals surface area (Å²) in [6.07, 6.45) is -3.18. The number of nitrogens with one attached hydrogen (secondary N) is 1. The molecule has 0 unspecified atom stereocenters. The van der Waals surface area contributed by atoms with Crippen LogP contribution >= 0.6 is 0 Å². The Hall–Kier alpha value is -3.52. The summed E-state index contributed by atoms with van der Waals surface area (Å²) in [5, 5.41) is 23.3. The number of aliphatic hydroxyl groups is 2. The number of fused-ring (bicyclic) bond motifs is 1. The number of carbonyl (C=O) groups is 1. The highest BCUT2D eigenvalue weighted by Gasteiger charge is 2.47. The molecule has 1 saturated heterocycles. The van der Waals surface area contributed by atoms with E-state index >= 15 is 0 Å². The summed E-state index contributed by atoms with van der Waals surface area (Å²) in [6, 6.07) is 9.74. The number of aliphatic hydroxyl groups excluding tert-OH is 2. The summed E-state index contributed by atoms with van der Waals surface area (Å²) in [4.78, 5) is 24.9. The van der Waals surface area contributed by atoms with Gasteiger partial charge in [0.1, 0.15) is 17.7 Å². The minimum absolute atomic E-state index is 0.126. The maximum absolute atomic E-state index is 12.1. The Kier molecular flexibility index (Phi) is 5.81. The Balaban J connectivity index is 1.63. The van der Waals surface area contributed by atoms with E-state index in [0.29, 0.717) is 18.5 Å². The van der Waals surface area contributed by atoms with Crippen LogP contribution in [-0.4, -0.2) is 60.5 Å². The standard InChI is InChI=1S/C21H22N6O4/c1-2-23-20(30)17-15(28)16(29)21(31-17)27-11-24-14-18(22)25-13(26-19(14)27)10-6-9-12-7-4-3-5-8-12/h3-5,7-8,11,15-17,21,28-29H,2,9H2,1H3,(H,23,30)(H2,22,25,26)/t15-,16+,17-,21+/m0/s1. The molecule has 0 radical (unpaired) electrons. The predicted octanol–water partition coefficient (Wildman–Crippen LogP) is -0.242. The lowest BCUT2D eigenvalue weighted by atomic mass is 10.1. The van der Waals surface area contributed by atoms with E-state index < -0.39 is 30.4 Å². The second-order valence-electron chi connectivity index (χ2n) is 7.04. The molecule has 2 aromatic heterocycles. The smallest absolute Gasteiger partial charge is 0.252 e. The molecule has 1 amide bonds. The molecule has 4 rings (SSSR count). The number of carbonyl (C=O) groups excluding carboxylic acids is 1. The Labute approximate surface area is 178 Å². The summed E-state index contributed by atoms with van der Waals surface area (Å²) in [7, 11) is 0. The molecule has 1 aromatic carbocycles. The number of imidazole rings is 1. The number of benzene rings is 1. The maximum atomic E-state index is 12.1. The number of hydrogen-bond donors (Lipinski definition) is 4. The van der Waals surface area contributed by atoms with Crippen LogP contribution in [-0.2, 0) is 16.0 Å². The number of aromatic nitrogens is 4. The highest BCUT2D eigenvalue weighted by Crippen LogP contribution is 2.32. The second-order valence-corrected chi connectivity index (χ2v) is 7.04. The molecule has 4 atom stereocenters. The number of nitrogens with zero attached hydrogens (tertiary/aromatic N) is 4. The highest BCUT2D eigenvalue weighted by molar-refractivity contribution is 5.83. The zero-order valence-corrected chi connectivity index (χ0v) is 16.8. The fourth-order valence-corrected chi connectivity index (χ4v) is 3.38. The van der Waals surface area contributed by atoms with Gasteiger partial charge in [0.05, 0.1) is 6.33 Å². The SMILES string of the molecule is CCNC(=O)[C@H]1O[C@@H](n2cnc3c(N)nc(C#CCc4ccccc4)nc32)[C@H](O)[C@@H]1O. The van der Waals surface area contributed by atoms with E-state index in [1.165, 1.54) is 10.9 Å². The minimum atomic E-state index is -1.40. The molecule has 1 aliphatic rings. The minimum Gasteiger partial charge on any atom is -0.387 e. The van der Waals surface area contributed by atoms with Gasteiger partial charge in [0.2, 0.25) is 5.82 Å². The molecule has 3 heterocycles. The Morgan fingerprint density at radius 3 is 2.77 bits per heavy atom. The van der Waals surface area contributed by atoms with Crippen molar-refractivity contribution in [3.8, 4) is 11.8 Å². The number of likely N-dealkylation sites (N-methyl/N-ethyl adjacent to an activating group) is 1. The average molecular weight is 422 g/mol. The molecular formula is C21H22N6O4. The molecular weight excluding hydrogens is 400 g/mol. The lowest BCUT2D eigenvalue weighted by Gasteiger charge is -2.16. The van der Waals surface area contributed by atoms with Crippen LogP contribution in [0.25, 0.3) is 11.2 Å². The van der Waals surface area contributed by atoms with Crippen LogP contribution in [0.4, 0.5) is 5.82 Å². The number of nitrogens with two attached hydrogens (primary N) is 1. The van der Waals surface area contributed by atoms with E-state index in [1.54, 1.807) is 6.92 Å². The Bertz CT molecular complexity index is 1150. The van der Waals surface area contributed by atoms with Crippen molar-refractivity contribution in [2.75, 3.05) is 12.3 Å². The van der Waals surface area contributed by atoms with E-state index in [-0.39, 0.29) is 17.3 Å². The summed E-state index contributed by atoms with van der Waals surface area (Å²) >= 11 is 0. The molecule has 10 heteroatoms. The van der Waals surface area contributed by atoms with Gasteiger partial charge >= 0.3 is 0 Å². The van der Waals surface area contributed by atoms with Gasteiger partial charge in [-0.05, 0) is 18.4 Å². The highest BCUT2D eigenvalue weighted by atomic mass is 16.6. The molecule has 10 nitrogen and oxygen atoms in total. The summed E-state index contributed by atoms with van der Waals surface area (Å²) in [6.45, 7) is 2.12. The van der Waals surface area contributed by atoms with Crippen LogP contribution in [0.2, 0.25) is 0 Å². The molecule has 3 aromatic rings. The first-order valence-corrected chi connectivity index (χ1v) is 9.81. The van der Waals surface area contributed by atoms with Gasteiger partial charge in [0.15, 0.2) is 23.8 Å². The van der Waals surface area contributed by atoms with Gasteiger partial charge in [-0.15, -0.1) is 0 Å². The topological polar surface area (TPSA) is 148 Å². The van der Waals surface area contributed by atoms with Gasteiger partial charge < -0.3 is 26.0 Å². The molecule has 0 saturated carbocycles. The lowest BCUT2D eigenvalue weighted by Crippen LogP contribution is -2.42. The molecule has 160 valence electrons. The number of rotatable bonds is 4. The van der Waals surface area contributed by atoms with Crippen molar-refractivity contribution in [3.05, 3.63) is 48.0 Å². The Morgan fingerprint density at radius 1 is 1.26 bits per heavy atom. The first kappa shape index (κ1) is 20.7. The third-order valence-electron chi connectivity index (χ3n) is 4.91. The number of ether oxygens (including phenoxy) is 1. The van der Waals surface area contributed by atoms with Gasteiger partial charge in [0, 0.05) is 13.0 Å².